The fourth-order valence-corrected chi connectivity index (χ4v) is 4.75. The molecule has 206 valence electrons. The summed E-state index contributed by atoms with van der Waals surface area (Å²) in [6, 6.07) is -0.766. The quantitative estimate of drug-likeness (QED) is 0.190. The van der Waals surface area contributed by atoms with Gasteiger partial charge in [-0.1, -0.05) is 44.3 Å². The smallest absolute Gasteiger partial charge is 0.341 e. The number of carbonyl (C=O) groups excluding carboxylic acids is 3. The highest BCUT2D eigenvalue weighted by Gasteiger charge is 2.38. The molecular formula is C29H44N2O6. The van der Waals surface area contributed by atoms with E-state index in [1.54, 1.807) is 7.11 Å². The van der Waals surface area contributed by atoms with Gasteiger partial charge in [-0.05, 0) is 65.9 Å². The predicted octanol–water partition coefficient (Wildman–Crippen LogP) is 5.96. The number of urea groups is 1. The molecule has 0 radical (unpaired) electrons. The van der Waals surface area contributed by atoms with Crippen LogP contribution in [0.4, 0.5) is 4.79 Å². The maximum Gasteiger partial charge on any atom is 0.341 e. The Morgan fingerprint density at radius 3 is 2.38 bits per heavy atom. The van der Waals surface area contributed by atoms with Crippen LogP contribution in [0.2, 0.25) is 0 Å². The summed E-state index contributed by atoms with van der Waals surface area (Å²) in [5.41, 5.74) is 9.56. The topological polar surface area (TPSA) is 117 Å². The lowest BCUT2D eigenvalue weighted by atomic mass is 9.86. The van der Waals surface area contributed by atoms with Crippen LogP contribution in [0, 0.1) is 6.92 Å². The zero-order chi connectivity index (χ0) is 27.8. The number of benzene rings is 1. The number of amides is 2. The third-order valence-corrected chi connectivity index (χ3v) is 6.45. The number of nitrogens with two attached hydrogens (primary N) is 1. The largest absolute Gasteiger partial charge is 0.496 e. The number of primary amides is 1. The highest BCUT2D eigenvalue weighted by Crippen LogP contribution is 2.42. The molecule has 1 heterocycles. The van der Waals surface area contributed by atoms with Gasteiger partial charge in [0.15, 0.2) is 0 Å². The third-order valence-electron chi connectivity index (χ3n) is 6.45. The van der Waals surface area contributed by atoms with Crippen LogP contribution in [-0.4, -0.2) is 30.7 Å². The molecule has 3 N–H and O–H groups in total. The van der Waals surface area contributed by atoms with Gasteiger partial charge in [0.2, 0.25) is 6.23 Å². The molecule has 1 aliphatic heterocycles. The van der Waals surface area contributed by atoms with Crippen LogP contribution in [0.1, 0.15) is 118 Å². The zero-order valence-electron chi connectivity index (χ0n) is 23.5. The van der Waals surface area contributed by atoms with Gasteiger partial charge in [0.1, 0.15) is 11.4 Å². The summed E-state index contributed by atoms with van der Waals surface area (Å²) in [6.45, 7) is 11.6. The van der Waals surface area contributed by atoms with Crippen molar-refractivity contribution in [2.45, 2.75) is 111 Å². The average molecular weight is 517 g/mol. The molecule has 0 saturated carbocycles. The van der Waals surface area contributed by atoms with Gasteiger partial charge in [0.05, 0.1) is 12.7 Å². The van der Waals surface area contributed by atoms with Gasteiger partial charge in [-0.2, -0.15) is 0 Å². The Morgan fingerprint density at radius 2 is 1.78 bits per heavy atom. The molecule has 2 rings (SSSR count). The first-order valence-electron chi connectivity index (χ1n) is 13.3. The Labute approximate surface area is 221 Å². The second kappa shape index (κ2) is 13.5. The second-order valence-corrected chi connectivity index (χ2v) is 10.7. The molecule has 1 atom stereocenters. The fourth-order valence-electron chi connectivity index (χ4n) is 4.75. The number of nitrogens with one attached hydrogen (secondary N) is 1. The van der Waals surface area contributed by atoms with E-state index in [9.17, 15) is 14.4 Å². The van der Waals surface area contributed by atoms with Crippen LogP contribution < -0.4 is 15.8 Å². The lowest BCUT2D eigenvalue weighted by Gasteiger charge is -2.21. The van der Waals surface area contributed by atoms with Gasteiger partial charge < -0.3 is 19.9 Å². The minimum atomic E-state index is -0.937. The molecular weight excluding hydrogens is 472 g/mol. The molecule has 1 aromatic rings. The standard InChI is InChI=1S/C29H44N2O6/c1-8-9-10-11-12-13-20-21(16-14-18(2)15-17-22(32)37-29(4,5)6)25(35-7)19(3)23-24(20)27(33)36-26(23)31-28(30)34/h14,26H,8-13,15-17H2,1-7H3,(H3,30,31,34). The van der Waals surface area contributed by atoms with E-state index < -0.39 is 23.8 Å². The average Bonchev–Trinajstić information content (AvgIpc) is 3.11. The maximum absolute atomic E-state index is 13.0. The van der Waals surface area contributed by atoms with Crippen molar-refractivity contribution in [2.24, 2.45) is 5.73 Å². The Balaban J connectivity index is 2.41. The molecule has 0 bridgehead atoms. The van der Waals surface area contributed by atoms with Crippen LogP contribution in [-0.2, 0) is 27.1 Å². The molecule has 1 unspecified atom stereocenters. The number of unbranched alkanes of at least 4 members (excludes halogenated alkanes) is 4. The number of fused-ring (bicyclic) bond motifs is 1. The number of methoxy groups -OCH3 is 1. The zero-order valence-corrected chi connectivity index (χ0v) is 23.5. The first-order chi connectivity index (χ1) is 17.4. The van der Waals surface area contributed by atoms with Crippen molar-refractivity contribution in [1.82, 2.24) is 5.32 Å². The molecule has 8 heteroatoms. The Bertz CT molecular complexity index is 1020. The van der Waals surface area contributed by atoms with Crippen LogP contribution in [0.3, 0.4) is 0 Å². The number of cyclic esters (lactones) is 1. The Kier molecular flexibility index (Phi) is 11.0. The molecule has 0 fully saturated rings. The van der Waals surface area contributed by atoms with Gasteiger partial charge >= 0.3 is 18.0 Å². The summed E-state index contributed by atoms with van der Waals surface area (Å²) < 4.78 is 16.8. The first-order valence-corrected chi connectivity index (χ1v) is 13.3. The number of rotatable bonds is 13. The van der Waals surface area contributed by atoms with E-state index in [-0.39, 0.29) is 5.97 Å². The number of carbonyl (C=O) groups is 3. The van der Waals surface area contributed by atoms with Crippen molar-refractivity contribution in [3.05, 3.63) is 39.5 Å². The monoisotopic (exact) mass is 516 g/mol. The summed E-state index contributed by atoms with van der Waals surface area (Å²) in [7, 11) is 1.61. The van der Waals surface area contributed by atoms with Crippen LogP contribution in [0.25, 0.3) is 0 Å². The normalized spacial score (nSPS) is 15.3. The van der Waals surface area contributed by atoms with Crippen molar-refractivity contribution < 1.29 is 28.6 Å². The molecule has 8 nitrogen and oxygen atoms in total. The van der Waals surface area contributed by atoms with E-state index in [2.05, 4.69) is 18.3 Å². The van der Waals surface area contributed by atoms with E-state index in [0.29, 0.717) is 42.6 Å². The van der Waals surface area contributed by atoms with Crippen molar-refractivity contribution in [3.8, 4) is 5.75 Å². The number of esters is 2. The lowest BCUT2D eigenvalue weighted by Crippen LogP contribution is -2.33. The maximum atomic E-state index is 13.0. The number of hydrogen-bond donors (Lipinski definition) is 2. The van der Waals surface area contributed by atoms with E-state index in [1.807, 2.05) is 34.6 Å². The van der Waals surface area contributed by atoms with Crippen LogP contribution in [0.15, 0.2) is 11.6 Å². The summed E-state index contributed by atoms with van der Waals surface area (Å²) >= 11 is 0. The molecule has 0 aromatic heterocycles. The molecule has 0 aliphatic carbocycles. The van der Waals surface area contributed by atoms with Crippen molar-refractivity contribution in [2.75, 3.05) is 7.11 Å². The van der Waals surface area contributed by atoms with E-state index in [1.165, 1.54) is 6.42 Å². The highest BCUT2D eigenvalue weighted by atomic mass is 16.6. The van der Waals surface area contributed by atoms with Gasteiger partial charge in [-0.25, -0.2) is 9.59 Å². The van der Waals surface area contributed by atoms with E-state index in [4.69, 9.17) is 19.9 Å². The number of allylic oxidation sites excluding steroid dienone is 2. The van der Waals surface area contributed by atoms with Crippen molar-refractivity contribution >= 4 is 18.0 Å². The van der Waals surface area contributed by atoms with Gasteiger partial charge in [-0.15, -0.1) is 0 Å². The minimum Gasteiger partial charge on any atom is -0.496 e. The highest BCUT2D eigenvalue weighted by molar-refractivity contribution is 5.97. The summed E-state index contributed by atoms with van der Waals surface area (Å²) in [6.07, 6.45) is 8.71. The Hall–Kier alpha value is -3.03. The van der Waals surface area contributed by atoms with Gasteiger partial charge in [0, 0.05) is 23.1 Å². The SMILES string of the molecule is CCCCCCCc1c(CC=C(C)CCC(=O)OC(C)(C)C)c(OC)c(C)c2c1C(=O)OC2NC(N)=O. The molecule has 0 spiro atoms. The molecule has 2 amide bonds. The predicted molar refractivity (Wildman–Crippen MR) is 144 cm³/mol. The lowest BCUT2D eigenvalue weighted by molar-refractivity contribution is -0.154. The number of hydrogen-bond acceptors (Lipinski definition) is 6. The van der Waals surface area contributed by atoms with E-state index in [0.717, 1.165) is 47.9 Å². The molecule has 0 saturated heterocycles. The molecule has 1 aliphatic rings. The van der Waals surface area contributed by atoms with Gasteiger partial charge in [0.25, 0.3) is 0 Å². The first kappa shape index (κ1) is 30.2. The molecule has 37 heavy (non-hydrogen) atoms. The van der Waals surface area contributed by atoms with Crippen LogP contribution in [0.5, 0.6) is 5.75 Å². The third kappa shape index (κ3) is 8.51. The summed E-state index contributed by atoms with van der Waals surface area (Å²) in [5, 5.41) is 2.53. The number of ether oxygens (including phenoxy) is 3. The summed E-state index contributed by atoms with van der Waals surface area (Å²) in [5.74, 6) is -0.0160. The second-order valence-electron chi connectivity index (χ2n) is 10.7. The Morgan fingerprint density at radius 1 is 1.11 bits per heavy atom. The van der Waals surface area contributed by atoms with Crippen LogP contribution >= 0.6 is 0 Å². The van der Waals surface area contributed by atoms with Crippen molar-refractivity contribution in [3.63, 3.8) is 0 Å². The van der Waals surface area contributed by atoms with Gasteiger partial charge in [-0.3, -0.25) is 10.1 Å². The fraction of sp³-hybridized carbons (Fsp3) is 0.621. The molecule has 1 aromatic carbocycles. The van der Waals surface area contributed by atoms with Crippen molar-refractivity contribution in [1.29, 1.82) is 0 Å². The van der Waals surface area contributed by atoms with E-state index >= 15 is 0 Å². The summed E-state index contributed by atoms with van der Waals surface area (Å²) in [4.78, 5) is 36.7. The minimum absolute atomic E-state index is 0.227.